The average Bonchev–Trinajstić information content (AvgIpc) is 2.63. The normalized spacial score (nSPS) is 11.2. The fourth-order valence-electron chi connectivity index (χ4n) is 2.47. The van der Waals surface area contributed by atoms with E-state index in [9.17, 15) is 18.5 Å². The van der Waals surface area contributed by atoms with Crippen molar-refractivity contribution in [2.24, 2.45) is 0 Å². The molecule has 0 saturated carbocycles. The summed E-state index contributed by atoms with van der Waals surface area (Å²) in [5.41, 5.74) is 1.38. The van der Waals surface area contributed by atoms with Crippen LogP contribution in [0.1, 0.15) is 0 Å². The van der Waals surface area contributed by atoms with Crippen molar-refractivity contribution >= 4 is 27.1 Å². The number of ether oxygens (including phenoxy) is 1. The molecule has 0 amide bonds. The molecule has 0 aliphatic rings. The van der Waals surface area contributed by atoms with Gasteiger partial charge in [-0.25, -0.2) is 8.42 Å². The van der Waals surface area contributed by atoms with Crippen LogP contribution < -0.4 is 4.74 Å². The van der Waals surface area contributed by atoms with Gasteiger partial charge in [-0.3, -0.25) is 10.1 Å². The van der Waals surface area contributed by atoms with Gasteiger partial charge in [-0.1, -0.05) is 48.0 Å². The zero-order valence-electron chi connectivity index (χ0n) is 14.1. The van der Waals surface area contributed by atoms with E-state index in [2.05, 4.69) is 0 Å². The standard InChI is InChI=1S/C19H14ClNO5S/c1-27(24,25)15-8-10-19(17(12-15)21(22)23)26-18-9-7-14(11-16(18)20)13-5-3-2-4-6-13/h2-12H,1H3. The lowest BCUT2D eigenvalue weighted by Gasteiger charge is -2.10. The smallest absolute Gasteiger partial charge is 0.312 e. The lowest BCUT2D eigenvalue weighted by Crippen LogP contribution is -2.00. The molecular weight excluding hydrogens is 390 g/mol. The van der Waals surface area contributed by atoms with Gasteiger partial charge in [-0.2, -0.15) is 0 Å². The van der Waals surface area contributed by atoms with Gasteiger partial charge >= 0.3 is 5.69 Å². The highest BCUT2D eigenvalue weighted by atomic mass is 35.5. The highest BCUT2D eigenvalue weighted by molar-refractivity contribution is 7.90. The Morgan fingerprint density at radius 2 is 1.59 bits per heavy atom. The molecule has 0 bridgehead atoms. The van der Waals surface area contributed by atoms with Crippen LogP contribution in [0.4, 0.5) is 5.69 Å². The summed E-state index contributed by atoms with van der Waals surface area (Å²) in [6.45, 7) is 0. The monoisotopic (exact) mass is 403 g/mol. The molecule has 3 aromatic rings. The van der Waals surface area contributed by atoms with Gasteiger partial charge in [0.25, 0.3) is 0 Å². The molecule has 0 atom stereocenters. The Morgan fingerprint density at radius 3 is 2.19 bits per heavy atom. The first-order valence-electron chi connectivity index (χ1n) is 7.77. The third-order valence-corrected chi connectivity index (χ3v) is 5.22. The fourth-order valence-corrected chi connectivity index (χ4v) is 3.33. The third kappa shape index (κ3) is 4.27. The summed E-state index contributed by atoms with van der Waals surface area (Å²) in [5.74, 6) is 0.133. The second kappa shape index (κ2) is 7.38. The predicted octanol–water partition coefficient (Wildman–Crippen LogP) is 5.11. The molecule has 0 N–H and O–H groups in total. The van der Waals surface area contributed by atoms with E-state index < -0.39 is 20.4 Å². The summed E-state index contributed by atoms with van der Waals surface area (Å²) in [6, 6.07) is 18.1. The average molecular weight is 404 g/mol. The zero-order valence-corrected chi connectivity index (χ0v) is 15.7. The number of hydrogen-bond acceptors (Lipinski definition) is 5. The van der Waals surface area contributed by atoms with Crippen LogP contribution in [-0.4, -0.2) is 19.6 Å². The minimum Gasteiger partial charge on any atom is -0.449 e. The van der Waals surface area contributed by atoms with Crippen LogP contribution in [0.3, 0.4) is 0 Å². The number of nitro groups is 1. The Hall–Kier alpha value is -2.90. The second-order valence-electron chi connectivity index (χ2n) is 5.77. The van der Waals surface area contributed by atoms with Gasteiger partial charge in [-0.15, -0.1) is 0 Å². The highest BCUT2D eigenvalue weighted by Crippen LogP contribution is 2.37. The quantitative estimate of drug-likeness (QED) is 0.436. The molecule has 0 unspecified atom stereocenters. The maximum atomic E-state index is 11.6. The summed E-state index contributed by atoms with van der Waals surface area (Å²) in [7, 11) is -3.58. The molecular formula is C19H14ClNO5S. The van der Waals surface area contributed by atoms with Crippen LogP contribution in [0.15, 0.2) is 71.6 Å². The van der Waals surface area contributed by atoms with Crippen LogP contribution in [0.2, 0.25) is 5.02 Å². The van der Waals surface area contributed by atoms with Gasteiger partial charge in [0.15, 0.2) is 9.84 Å². The van der Waals surface area contributed by atoms with Crippen molar-refractivity contribution < 1.29 is 18.1 Å². The van der Waals surface area contributed by atoms with Crippen LogP contribution in [-0.2, 0) is 9.84 Å². The van der Waals surface area contributed by atoms with E-state index in [0.29, 0.717) is 0 Å². The first-order chi connectivity index (χ1) is 12.8. The number of benzene rings is 3. The molecule has 27 heavy (non-hydrogen) atoms. The van der Waals surface area contributed by atoms with E-state index in [1.807, 2.05) is 30.3 Å². The van der Waals surface area contributed by atoms with Crippen molar-refractivity contribution in [3.63, 3.8) is 0 Å². The Bertz CT molecular complexity index is 1110. The van der Waals surface area contributed by atoms with Crippen molar-refractivity contribution in [2.75, 3.05) is 6.26 Å². The van der Waals surface area contributed by atoms with Gasteiger partial charge in [0.1, 0.15) is 5.75 Å². The highest BCUT2D eigenvalue weighted by Gasteiger charge is 2.21. The van der Waals surface area contributed by atoms with Crippen molar-refractivity contribution in [1.82, 2.24) is 0 Å². The summed E-state index contributed by atoms with van der Waals surface area (Å²) in [6.07, 6.45) is 0.978. The summed E-state index contributed by atoms with van der Waals surface area (Å²) < 4.78 is 28.8. The molecule has 0 radical (unpaired) electrons. The summed E-state index contributed by atoms with van der Waals surface area (Å²) >= 11 is 6.27. The number of hydrogen-bond donors (Lipinski definition) is 0. The number of sulfone groups is 1. The van der Waals surface area contributed by atoms with Crippen molar-refractivity contribution in [2.45, 2.75) is 4.90 Å². The second-order valence-corrected chi connectivity index (χ2v) is 8.20. The first-order valence-corrected chi connectivity index (χ1v) is 10.0. The van der Waals surface area contributed by atoms with E-state index in [-0.39, 0.29) is 21.4 Å². The minimum atomic E-state index is -3.58. The maximum Gasteiger partial charge on any atom is 0.312 e. The molecule has 6 nitrogen and oxygen atoms in total. The molecule has 3 rings (SSSR count). The van der Waals surface area contributed by atoms with Gasteiger partial charge in [0, 0.05) is 12.3 Å². The summed E-state index contributed by atoms with van der Waals surface area (Å²) in [5, 5.41) is 11.6. The molecule has 0 aromatic heterocycles. The molecule has 138 valence electrons. The van der Waals surface area contributed by atoms with Crippen LogP contribution in [0.5, 0.6) is 11.5 Å². The van der Waals surface area contributed by atoms with Crippen molar-refractivity contribution in [3.05, 3.63) is 81.9 Å². The number of nitrogens with zero attached hydrogens (tertiary/aromatic N) is 1. The largest absolute Gasteiger partial charge is 0.449 e. The Kier molecular flexibility index (Phi) is 5.16. The topological polar surface area (TPSA) is 86.5 Å². The van der Waals surface area contributed by atoms with E-state index >= 15 is 0 Å². The van der Waals surface area contributed by atoms with Crippen LogP contribution >= 0.6 is 11.6 Å². The van der Waals surface area contributed by atoms with Crippen molar-refractivity contribution in [3.8, 4) is 22.6 Å². The van der Waals surface area contributed by atoms with Gasteiger partial charge in [0.05, 0.1) is 14.8 Å². The van der Waals surface area contributed by atoms with Gasteiger partial charge < -0.3 is 4.74 Å². The van der Waals surface area contributed by atoms with Gasteiger partial charge in [-0.05, 0) is 35.4 Å². The number of rotatable bonds is 5. The molecule has 0 heterocycles. The molecule has 8 heteroatoms. The molecule has 0 aliphatic heterocycles. The van der Waals surface area contributed by atoms with E-state index in [4.69, 9.17) is 16.3 Å². The predicted molar refractivity (Wildman–Crippen MR) is 103 cm³/mol. The number of halogens is 1. The Morgan fingerprint density at radius 1 is 0.926 bits per heavy atom. The Balaban J connectivity index is 1.97. The van der Waals surface area contributed by atoms with Gasteiger partial charge in [0.2, 0.25) is 5.75 Å². The molecule has 0 spiro atoms. The molecule has 0 aliphatic carbocycles. The molecule has 0 fully saturated rings. The molecule has 3 aromatic carbocycles. The molecule has 0 saturated heterocycles. The van der Waals surface area contributed by atoms with Crippen LogP contribution in [0.25, 0.3) is 11.1 Å². The SMILES string of the molecule is CS(=O)(=O)c1ccc(Oc2ccc(-c3ccccc3)cc2Cl)c([N+](=O)[O-])c1. The maximum absolute atomic E-state index is 11.6. The summed E-state index contributed by atoms with van der Waals surface area (Å²) in [4.78, 5) is 10.5. The van der Waals surface area contributed by atoms with E-state index in [1.165, 1.54) is 12.1 Å². The zero-order chi connectivity index (χ0) is 19.6. The minimum absolute atomic E-state index is 0.0956. The lowest BCUT2D eigenvalue weighted by molar-refractivity contribution is -0.385. The first kappa shape index (κ1) is 18.9. The van der Waals surface area contributed by atoms with E-state index in [0.717, 1.165) is 23.4 Å². The van der Waals surface area contributed by atoms with Crippen LogP contribution in [0, 0.1) is 10.1 Å². The fraction of sp³-hybridized carbons (Fsp3) is 0.0526. The Labute approximate surface area is 161 Å². The van der Waals surface area contributed by atoms with Crippen molar-refractivity contribution in [1.29, 1.82) is 0 Å². The third-order valence-electron chi connectivity index (χ3n) is 3.81. The lowest BCUT2D eigenvalue weighted by atomic mass is 10.1. The van der Waals surface area contributed by atoms with E-state index in [1.54, 1.807) is 18.2 Å². The number of nitro benzene ring substituents is 1.